The number of para-hydroxylation sites is 4. The molecule has 4 aromatic carbocycles. The second-order valence-electron chi connectivity index (χ2n) is 7.37. The molecule has 3 heteroatoms. The van der Waals surface area contributed by atoms with Crippen LogP contribution in [0.5, 0.6) is 0 Å². The molecule has 0 saturated heterocycles. The van der Waals surface area contributed by atoms with Crippen molar-refractivity contribution in [2.24, 2.45) is 0 Å². The maximum Gasteiger partial charge on any atom is 0.111 e. The monoisotopic (exact) mass is 373 g/mol. The predicted octanol–water partition coefficient (Wildman–Crippen LogP) is 6.43. The molecule has 0 aliphatic heterocycles. The first-order valence-corrected chi connectivity index (χ1v) is 9.84. The number of fused-ring (bicyclic) bond motifs is 4. The van der Waals surface area contributed by atoms with Gasteiger partial charge in [0.1, 0.15) is 5.82 Å². The fourth-order valence-electron chi connectivity index (χ4n) is 4.42. The van der Waals surface area contributed by atoms with Crippen molar-refractivity contribution >= 4 is 32.8 Å². The van der Waals surface area contributed by atoms with Crippen LogP contribution >= 0.6 is 0 Å². The summed E-state index contributed by atoms with van der Waals surface area (Å²) in [6, 6.07) is 34.2. The van der Waals surface area contributed by atoms with E-state index in [4.69, 9.17) is 4.98 Å². The van der Waals surface area contributed by atoms with Gasteiger partial charge in [0.15, 0.2) is 0 Å². The van der Waals surface area contributed by atoms with Crippen LogP contribution in [0.2, 0.25) is 0 Å². The van der Waals surface area contributed by atoms with E-state index in [0.29, 0.717) is 0 Å². The van der Waals surface area contributed by atoms with E-state index in [1.807, 2.05) is 6.07 Å². The smallest absolute Gasteiger partial charge is 0.111 e. The molecule has 6 aromatic rings. The standard InChI is InChI=1S/C26H19N3/c1-18-27-23-10-4-7-13-26(23)28(18)19-14-16-20(17-15-19)29-24-11-5-2-8-21(24)22-9-3-6-12-25(22)29/h2-17H,1H3. The van der Waals surface area contributed by atoms with E-state index in [0.717, 1.165) is 28.2 Å². The van der Waals surface area contributed by atoms with Gasteiger partial charge in [0.2, 0.25) is 0 Å². The van der Waals surface area contributed by atoms with Gasteiger partial charge in [-0.15, -0.1) is 0 Å². The minimum Gasteiger partial charge on any atom is -0.309 e. The quantitative estimate of drug-likeness (QED) is 0.343. The lowest BCUT2D eigenvalue weighted by Gasteiger charge is -2.11. The number of imidazole rings is 1. The summed E-state index contributed by atoms with van der Waals surface area (Å²) in [6.45, 7) is 2.06. The number of aromatic nitrogens is 3. The molecule has 0 bridgehead atoms. The van der Waals surface area contributed by atoms with Crippen molar-refractivity contribution in [1.82, 2.24) is 14.1 Å². The molecule has 2 aromatic heterocycles. The van der Waals surface area contributed by atoms with Crippen LogP contribution in [0.3, 0.4) is 0 Å². The van der Waals surface area contributed by atoms with E-state index in [1.165, 1.54) is 21.8 Å². The Balaban J connectivity index is 1.56. The first kappa shape index (κ1) is 16.1. The van der Waals surface area contributed by atoms with Crippen molar-refractivity contribution in [1.29, 1.82) is 0 Å². The van der Waals surface area contributed by atoms with Gasteiger partial charge in [-0.1, -0.05) is 48.5 Å². The van der Waals surface area contributed by atoms with Gasteiger partial charge in [-0.05, 0) is 55.5 Å². The molecule has 3 nitrogen and oxygen atoms in total. The second kappa shape index (κ2) is 6.08. The van der Waals surface area contributed by atoms with E-state index >= 15 is 0 Å². The van der Waals surface area contributed by atoms with Crippen LogP contribution in [0.15, 0.2) is 97.1 Å². The minimum absolute atomic E-state index is 0.996. The third-order valence-corrected chi connectivity index (χ3v) is 5.67. The van der Waals surface area contributed by atoms with Crippen LogP contribution in [0, 0.1) is 6.92 Å². The zero-order valence-electron chi connectivity index (χ0n) is 16.1. The molecule has 2 heterocycles. The largest absolute Gasteiger partial charge is 0.309 e. The summed E-state index contributed by atoms with van der Waals surface area (Å²) in [5.74, 6) is 0.996. The highest BCUT2D eigenvalue weighted by atomic mass is 15.1. The molecule has 138 valence electrons. The molecule has 0 N–H and O–H groups in total. The van der Waals surface area contributed by atoms with E-state index in [2.05, 4.69) is 107 Å². The highest BCUT2D eigenvalue weighted by Gasteiger charge is 2.12. The molecule has 0 aliphatic rings. The van der Waals surface area contributed by atoms with Crippen molar-refractivity contribution in [2.45, 2.75) is 6.92 Å². The van der Waals surface area contributed by atoms with Crippen LogP contribution in [0.25, 0.3) is 44.2 Å². The van der Waals surface area contributed by atoms with Crippen molar-refractivity contribution in [3.8, 4) is 11.4 Å². The van der Waals surface area contributed by atoms with E-state index in [9.17, 15) is 0 Å². The molecule has 0 atom stereocenters. The van der Waals surface area contributed by atoms with Gasteiger partial charge in [-0.25, -0.2) is 4.98 Å². The summed E-state index contributed by atoms with van der Waals surface area (Å²) in [5.41, 5.74) is 6.90. The molecule has 0 fully saturated rings. The van der Waals surface area contributed by atoms with Gasteiger partial charge in [0, 0.05) is 22.1 Å². The predicted molar refractivity (Wildman–Crippen MR) is 120 cm³/mol. The van der Waals surface area contributed by atoms with Crippen molar-refractivity contribution in [3.63, 3.8) is 0 Å². The molecular formula is C26H19N3. The van der Waals surface area contributed by atoms with Gasteiger partial charge in [-0.3, -0.25) is 4.57 Å². The van der Waals surface area contributed by atoms with Gasteiger partial charge in [0.05, 0.1) is 22.1 Å². The molecule has 29 heavy (non-hydrogen) atoms. The molecule has 0 amide bonds. The minimum atomic E-state index is 0.996. The van der Waals surface area contributed by atoms with Gasteiger partial charge >= 0.3 is 0 Å². The fourth-order valence-corrected chi connectivity index (χ4v) is 4.42. The number of benzene rings is 4. The van der Waals surface area contributed by atoms with E-state index in [-0.39, 0.29) is 0 Å². The summed E-state index contributed by atoms with van der Waals surface area (Å²) in [7, 11) is 0. The Morgan fingerprint density at radius 2 is 1.00 bits per heavy atom. The third kappa shape index (κ3) is 2.34. The number of hydrogen-bond acceptors (Lipinski definition) is 1. The van der Waals surface area contributed by atoms with Crippen LogP contribution < -0.4 is 0 Å². The number of aryl methyl sites for hydroxylation is 1. The average molecular weight is 373 g/mol. The van der Waals surface area contributed by atoms with Crippen LogP contribution in [0.1, 0.15) is 5.82 Å². The molecule has 0 saturated carbocycles. The van der Waals surface area contributed by atoms with E-state index in [1.54, 1.807) is 0 Å². The lowest BCUT2D eigenvalue weighted by Crippen LogP contribution is -1.98. The van der Waals surface area contributed by atoms with Gasteiger partial charge in [-0.2, -0.15) is 0 Å². The SMILES string of the molecule is Cc1nc2ccccc2n1-c1ccc(-n2c3ccccc3c3ccccc32)cc1. The summed E-state index contributed by atoms with van der Waals surface area (Å²) in [6.07, 6.45) is 0. The zero-order chi connectivity index (χ0) is 19.4. The maximum absolute atomic E-state index is 4.70. The Morgan fingerprint density at radius 1 is 0.517 bits per heavy atom. The molecule has 0 radical (unpaired) electrons. The van der Waals surface area contributed by atoms with Crippen molar-refractivity contribution < 1.29 is 0 Å². The summed E-state index contributed by atoms with van der Waals surface area (Å²) in [4.78, 5) is 4.70. The van der Waals surface area contributed by atoms with E-state index < -0.39 is 0 Å². The van der Waals surface area contributed by atoms with Crippen molar-refractivity contribution in [3.05, 3.63) is 103 Å². The summed E-state index contributed by atoms with van der Waals surface area (Å²) < 4.78 is 4.55. The molecule has 0 aliphatic carbocycles. The topological polar surface area (TPSA) is 22.8 Å². The summed E-state index contributed by atoms with van der Waals surface area (Å²) >= 11 is 0. The van der Waals surface area contributed by atoms with Crippen LogP contribution in [-0.2, 0) is 0 Å². The highest BCUT2D eigenvalue weighted by molar-refractivity contribution is 6.09. The normalized spacial score (nSPS) is 11.6. The summed E-state index contributed by atoms with van der Waals surface area (Å²) in [5, 5.41) is 2.56. The fraction of sp³-hybridized carbons (Fsp3) is 0.0385. The lowest BCUT2D eigenvalue weighted by molar-refractivity contribution is 0.999. The van der Waals surface area contributed by atoms with Crippen molar-refractivity contribution in [2.75, 3.05) is 0 Å². The molecule has 6 rings (SSSR count). The Morgan fingerprint density at radius 3 is 1.62 bits per heavy atom. The highest BCUT2D eigenvalue weighted by Crippen LogP contribution is 2.32. The zero-order valence-corrected chi connectivity index (χ0v) is 16.1. The average Bonchev–Trinajstić information content (AvgIpc) is 3.28. The maximum atomic E-state index is 4.70. The molecule has 0 unspecified atom stereocenters. The Hall–Kier alpha value is -3.85. The first-order chi connectivity index (χ1) is 14.3. The Kier molecular flexibility index (Phi) is 3.38. The Bertz CT molecular complexity index is 1450. The van der Waals surface area contributed by atoms with Crippen LogP contribution in [0.4, 0.5) is 0 Å². The Labute approximate surface area is 168 Å². The first-order valence-electron chi connectivity index (χ1n) is 9.84. The lowest BCUT2D eigenvalue weighted by atomic mass is 10.2. The number of rotatable bonds is 2. The second-order valence-corrected chi connectivity index (χ2v) is 7.37. The van der Waals surface area contributed by atoms with Gasteiger partial charge in [0.25, 0.3) is 0 Å². The molecule has 0 spiro atoms. The number of hydrogen-bond donors (Lipinski definition) is 0. The van der Waals surface area contributed by atoms with Gasteiger partial charge < -0.3 is 4.57 Å². The molecular weight excluding hydrogens is 354 g/mol. The van der Waals surface area contributed by atoms with Crippen LogP contribution in [-0.4, -0.2) is 14.1 Å². The number of nitrogens with zero attached hydrogens (tertiary/aromatic N) is 3. The third-order valence-electron chi connectivity index (χ3n) is 5.67.